The molecule has 2 heterocycles. The van der Waals surface area contributed by atoms with Crippen LogP contribution in [0.4, 0.5) is 26.3 Å². The second kappa shape index (κ2) is 12.0. The fourth-order valence-corrected chi connectivity index (χ4v) is 5.05. The molecule has 11 heteroatoms. The third-order valence-corrected chi connectivity index (χ3v) is 6.82. The number of benzene rings is 2. The summed E-state index contributed by atoms with van der Waals surface area (Å²) in [6.07, 6.45) is -0.0306. The van der Waals surface area contributed by atoms with Gasteiger partial charge in [0.2, 0.25) is 5.91 Å². The number of nitrogens with zero attached hydrogens (tertiary/aromatic N) is 2. The number of aliphatic carboxylic acids is 1. The first kappa shape index (κ1) is 28.5. The van der Waals surface area contributed by atoms with Gasteiger partial charge in [0.1, 0.15) is 17.5 Å². The second-order valence-corrected chi connectivity index (χ2v) is 9.37. The summed E-state index contributed by atoms with van der Waals surface area (Å²) in [5.74, 6) is -4.38. The molecule has 37 heavy (non-hydrogen) atoms. The predicted octanol–water partition coefficient (Wildman–Crippen LogP) is 5.33. The molecule has 2 aromatic rings. The van der Waals surface area contributed by atoms with Gasteiger partial charge in [-0.05, 0) is 74.0 Å². The van der Waals surface area contributed by atoms with Crippen LogP contribution in [0.3, 0.4) is 0 Å². The maximum absolute atomic E-state index is 13.4. The van der Waals surface area contributed by atoms with E-state index in [1.807, 2.05) is 17.0 Å². The van der Waals surface area contributed by atoms with Gasteiger partial charge in [0, 0.05) is 31.2 Å². The Morgan fingerprint density at radius 1 is 0.811 bits per heavy atom. The van der Waals surface area contributed by atoms with E-state index in [1.54, 1.807) is 0 Å². The molecule has 2 saturated heterocycles. The van der Waals surface area contributed by atoms with Crippen LogP contribution in [0.25, 0.3) is 0 Å². The number of hydrogen-bond donors (Lipinski definition) is 1. The summed E-state index contributed by atoms with van der Waals surface area (Å²) in [5.41, 5.74) is 1.53. The molecule has 0 bridgehead atoms. The number of halogens is 6. The zero-order valence-corrected chi connectivity index (χ0v) is 20.0. The molecule has 0 aromatic heterocycles. The minimum absolute atomic E-state index is 0.0149. The number of carbonyl (C=O) groups is 2. The van der Waals surface area contributed by atoms with Crippen LogP contribution < -0.4 is 0 Å². The highest BCUT2D eigenvalue weighted by Gasteiger charge is 2.42. The van der Waals surface area contributed by atoms with Gasteiger partial charge in [-0.2, -0.15) is 13.2 Å². The molecule has 1 N–H and O–H groups in total. The van der Waals surface area contributed by atoms with E-state index >= 15 is 0 Å². The molecule has 1 unspecified atom stereocenters. The van der Waals surface area contributed by atoms with Crippen molar-refractivity contribution in [2.24, 2.45) is 0 Å². The van der Waals surface area contributed by atoms with Crippen LogP contribution in [0.15, 0.2) is 42.5 Å². The van der Waals surface area contributed by atoms with Gasteiger partial charge in [-0.25, -0.2) is 18.0 Å². The minimum atomic E-state index is -5.08. The van der Waals surface area contributed by atoms with E-state index in [1.165, 1.54) is 24.3 Å². The molecule has 202 valence electrons. The van der Waals surface area contributed by atoms with E-state index in [0.29, 0.717) is 18.7 Å². The third kappa shape index (κ3) is 7.95. The van der Waals surface area contributed by atoms with Crippen molar-refractivity contribution in [1.82, 2.24) is 9.80 Å². The normalized spacial score (nSPS) is 20.3. The average molecular weight is 531 g/mol. The van der Waals surface area contributed by atoms with Crippen molar-refractivity contribution in [2.45, 2.75) is 56.8 Å². The van der Waals surface area contributed by atoms with Crippen molar-refractivity contribution < 1.29 is 41.0 Å². The summed E-state index contributed by atoms with van der Waals surface area (Å²) >= 11 is 0. The summed E-state index contributed by atoms with van der Waals surface area (Å²) in [5, 5.41) is 7.12. The molecule has 5 nitrogen and oxygen atoms in total. The molecule has 2 aliphatic heterocycles. The summed E-state index contributed by atoms with van der Waals surface area (Å²) in [7, 11) is 0. The van der Waals surface area contributed by atoms with Gasteiger partial charge in [-0.15, -0.1) is 0 Å². The topological polar surface area (TPSA) is 60.9 Å². The van der Waals surface area contributed by atoms with Crippen molar-refractivity contribution in [3.63, 3.8) is 0 Å². The van der Waals surface area contributed by atoms with Crippen LogP contribution in [0, 0.1) is 17.5 Å². The van der Waals surface area contributed by atoms with Crippen LogP contribution in [-0.2, 0) is 22.6 Å². The summed E-state index contributed by atoms with van der Waals surface area (Å²) in [6.45, 7) is 3.12. The maximum Gasteiger partial charge on any atom is 0.490 e. The van der Waals surface area contributed by atoms with Crippen molar-refractivity contribution in [3.8, 4) is 0 Å². The Labute approximate surface area is 210 Å². The predicted molar refractivity (Wildman–Crippen MR) is 123 cm³/mol. The number of alkyl halides is 3. The number of carbonyl (C=O) groups excluding carboxylic acids is 1. The number of carboxylic acids is 1. The highest BCUT2D eigenvalue weighted by molar-refractivity contribution is 5.78. The van der Waals surface area contributed by atoms with Crippen molar-refractivity contribution in [2.75, 3.05) is 19.6 Å². The summed E-state index contributed by atoms with van der Waals surface area (Å²) in [4.78, 5) is 26.0. The second-order valence-electron chi connectivity index (χ2n) is 9.37. The molecule has 1 amide bonds. The molecular formula is C26H28F6N2O3. The number of carboxylic acid groups (broad SMARTS) is 1. The first-order valence-corrected chi connectivity index (χ1v) is 11.9. The van der Waals surface area contributed by atoms with E-state index in [0.717, 1.165) is 56.8 Å². The minimum Gasteiger partial charge on any atom is -0.475 e. The monoisotopic (exact) mass is 530 g/mol. The van der Waals surface area contributed by atoms with Crippen LogP contribution in [-0.4, -0.2) is 58.1 Å². The Kier molecular flexibility index (Phi) is 9.22. The van der Waals surface area contributed by atoms with Crippen molar-refractivity contribution in [3.05, 3.63) is 71.0 Å². The first-order chi connectivity index (χ1) is 17.4. The van der Waals surface area contributed by atoms with Crippen LogP contribution in [0.2, 0.25) is 0 Å². The van der Waals surface area contributed by atoms with E-state index < -0.39 is 23.8 Å². The van der Waals surface area contributed by atoms with Crippen molar-refractivity contribution >= 4 is 11.9 Å². The van der Waals surface area contributed by atoms with E-state index in [2.05, 4.69) is 4.90 Å². The smallest absolute Gasteiger partial charge is 0.475 e. The largest absolute Gasteiger partial charge is 0.490 e. The van der Waals surface area contributed by atoms with Gasteiger partial charge >= 0.3 is 12.1 Å². The quantitative estimate of drug-likeness (QED) is 0.544. The fourth-order valence-electron chi connectivity index (χ4n) is 5.05. The standard InChI is InChI=1S/C24H27F3N2O.C2HF3O2/c25-20-5-3-18(4-6-20)17-29-11-2-8-24(29)7-1-10-28(12-9-24)23(30)15-19-13-21(26)16-22(27)14-19;3-2(4,5)1(6)7/h3-6,13-14,16H,1-2,7-12,15,17H2;(H,6,7). The Balaban J connectivity index is 0.000000479. The summed E-state index contributed by atoms with van der Waals surface area (Å²) < 4.78 is 71.8. The molecule has 0 aliphatic carbocycles. The van der Waals surface area contributed by atoms with E-state index in [4.69, 9.17) is 9.90 Å². The van der Waals surface area contributed by atoms with E-state index in [-0.39, 0.29) is 23.7 Å². The molecule has 1 spiro atoms. The molecule has 4 rings (SSSR count). The lowest BCUT2D eigenvalue weighted by atomic mass is 9.87. The van der Waals surface area contributed by atoms with Crippen molar-refractivity contribution in [1.29, 1.82) is 0 Å². The number of likely N-dealkylation sites (tertiary alicyclic amines) is 2. The average Bonchev–Trinajstić information content (AvgIpc) is 3.04. The Hall–Kier alpha value is -3.08. The van der Waals surface area contributed by atoms with Crippen LogP contribution in [0.5, 0.6) is 0 Å². The molecule has 2 aliphatic rings. The molecule has 1 atom stereocenters. The number of rotatable bonds is 4. The fraction of sp³-hybridized carbons (Fsp3) is 0.462. The number of amides is 1. The van der Waals surface area contributed by atoms with Gasteiger partial charge in [-0.3, -0.25) is 9.69 Å². The lowest BCUT2D eigenvalue weighted by molar-refractivity contribution is -0.192. The summed E-state index contributed by atoms with van der Waals surface area (Å²) in [6, 6.07) is 9.95. The lowest BCUT2D eigenvalue weighted by Gasteiger charge is -2.38. The molecule has 0 radical (unpaired) electrons. The Morgan fingerprint density at radius 2 is 1.38 bits per heavy atom. The van der Waals surface area contributed by atoms with Gasteiger partial charge in [0.15, 0.2) is 0 Å². The SMILES string of the molecule is O=C(Cc1cc(F)cc(F)c1)N1CCCC2(CCCN2Cc2ccc(F)cc2)CC1.O=C(O)C(F)(F)F. The zero-order valence-electron chi connectivity index (χ0n) is 20.0. The van der Waals surface area contributed by atoms with E-state index in [9.17, 15) is 31.1 Å². The Bertz CT molecular complexity index is 1070. The first-order valence-electron chi connectivity index (χ1n) is 11.9. The van der Waals surface area contributed by atoms with Crippen LogP contribution in [0.1, 0.15) is 43.2 Å². The van der Waals surface area contributed by atoms with Gasteiger partial charge in [0.25, 0.3) is 0 Å². The molecular weight excluding hydrogens is 502 g/mol. The zero-order chi connectivity index (χ0) is 27.2. The Morgan fingerprint density at radius 3 is 1.95 bits per heavy atom. The molecule has 0 saturated carbocycles. The van der Waals surface area contributed by atoms with Gasteiger partial charge in [-0.1, -0.05) is 12.1 Å². The molecule has 2 fully saturated rings. The highest BCUT2D eigenvalue weighted by Crippen LogP contribution is 2.39. The van der Waals surface area contributed by atoms with Gasteiger partial charge < -0.3 is 10.0 Å². The third-order valence-electron chi connectivity index (χ3n) is 6.82. The van der Waals surface area contributed by atoms with Gasteiger partial charge in [0.05, 0.1) is 6.42 Å². The maximum atomic E-state index is 13.4. The highest BCUT2D eigenvalue weighted by atomic mass is 19.4. The lowest BCUT2D eigenvalue weighted by Crippen LogP contribution is -2.44. The number of hydrogen-bond acceptors (Lipinski definition) is 3. The molecule has 2 aromatic carbocycles. The van der Waals surface area contributed by atoms with Crippen LogP contribution >= 0.6 is 0 Å².